The van der Waals surface area contributed by atoms with Crippen molar-refractivity contribution < 1.29 is 28.7 Å². The van der Waals surface area contributed by atoms with E-state index >= 15 is 0 Å². The molecule has 240 valence electrons. The van der Waals surface area contributed by atoms with Crippen LogP contribution in [0, 0.1) is 0 Å². The number of ether oxygens (including phenoxy) is 1. The van der Waals surface area contributed by atoms with Crippen LogP contribution in [0.15, 0.2) is 79.1 Å². The van der Waals surface area contributed by atoms with Crippen molar-refractivity contribution >= 4 is 29.5 Å². The zero-order chi connectivity index (χ0) is 32.5. The van der Waals surface area contributed by atoms with Gasteiger partial charge in [0.2, 0.25) is 29.5 Å². The fourth-order valence-corrected chi connectivity index (χ4v) is 5.19. The lowest BCUT2D eigenvalue weighted by atomic mass is 10.0. The average Bonchev–Trinajstić information content (AvgIpc) is 3.84. The van der Waals surface area contributed by atoms with Crippen molar-refractivity contribution in [3.63, 3.8) is 0 Å². The predicted molar refractivity (Wildman–Crippen MR) is 168 cm³/mol. The van der Waals surface area contributed by atoms with Crippen LogP contribution in [0.5, 0.6) is 5.75 Å². The van der Waals surface area contributed by atoms with Crippen LogP contribution in [0.1, 0.15) is 36.5 Å². The van der Waals surface area contributed by atoms with Gasteiger partial charge in [-0.2, -0.15) is 0 Å². The molecule has 5 amide bonds. The van der Waals surface area contributed by atoms with E-state index in [0.29, 0.717) is 24.2 Å². The molecule has 3 aromatic rings. The van der Waals surface area contributed by atoms with Crippen LogP contribution in [-0.2, 0) is 43.2 Å². The number of pyridine rings is 1. The summed E-state index contributed by atoms with van der Waals surface area (Å²) in [6.07, 6.45) is 4.48. The maximum absolute atomic E-state index is 13.5. The molecule has 1 aromatic heterocycles. The highest BCUT2D eigenvalue weighted by molar-refractivity contribution is 5.98. The van der Waals surface area contributed by atoms with Gasteiger partial charge in [0.05, 0.1) is 13.0 Å². The van der Waals surface area contributed by atoms with Gasteiger partial charge < -0.3 is 31.3 Å². The zero-order valence-electron chi connectivity index (χ0n) is 25.6. The summed E-state index contributed by atoms with van der Waals surface area (Å²) < 4.78 is 5.78. The first-order valence-electron chi connectivity index (χ1n) is 15.4. The number of fused-ring (bicyclic) bond motifs is 15. The third-order valence-electron chi connectivity index (χ3n) is 7.97. The topological polar surface area (TPSA) is 168 Å². The quantitative estimate of drug-likeness (QED) is 0.261. The predicted octanol–water partition coefficient (Wildman–Crippen LogP) is 0.741. The van der Waals surface area contributed by atoms with Crippen molar-refractivity contribution in [3.05, 3.63) is 95.8 Å². The maximum Gasteiger partial charge on any atom is 0.245 e. The van der Waals surface area contributed by atoms with Crippen LogP contribution in [-0.4, -0.2) is 71.3 Å². The molecule has 5 N–H and O–H groups in total. The molecular weight excluding hydrogens is 588 g/mol. The molecule has 2 bridgehead atoms. The summed E-state index contributed by atoms with van der Waals surface area (Å²) in [6, 6.07) is 16.7. The number of hydrogen-bond acceptors (Lipinski definition) is 7. The van der Waals surface area contributed by atoms with Gasteiger partial charge in [0.15, 0.2) is 0 Å². The zero-order valence-corrected chi connectivity index (χ0v) is 25.6. The van der Waals surface area contributed by atoms with E-state index in [1.165, 1.54) is 6.92 Å². The van der Waals surface area contributed by atoms with Crippen molar-refractivity contribution in [2.45, 2.75) is 62.7 Å². The molecule has 1 saturated carbocycles. The molecule has 1 spiro atoms. The number of nitrogens with one attached hydrogen (secondary N) is 5. The van der Waals surface area contributed by atoms with Gasteiger partial charge >= 0.3 is 0 Å². The largest absolute Gasteiger partial charge is 0.492 e. The van der Waals surface area contributed by atoms with Gasteiger partial charge in [0.1, 0.15) is 36.0 Å². The number of hydrogen-bond donors (Lipinski definition) is 5. The van der Waals surface area contributed by atoms with Crippen LogP contribution in [0.2, 0.25) is 0 Å². The summed E-state index contributed by atoms with van der Waals surface area (Å²) in [6.45, 7) is 1.94. The number of amides is 5. The summed E-state index contributed by atoms with van der Waals surface area (Å²) in [5, 5.41) is 13.9. The lowest BCUT2D eigenvalue weighted by Crippen LogP contribution is -2.59. The standard InChI is InChI=1S/C34H38N6O6/c1-22-30(42)39-28(18-23-6-3-2-4-7-23)32(44)40-34(13-14-34)33(45)36-16-17-46-26-11-9-24(10-12-26)19-27(31(43)37-22)38-29(41)20-25-8-5-15-35-21-25/h2-12,15,21-22,27-28H,13-14,16-20H2,1H3,(H,36,45)(H,37,43)(H,38,41)(H,39,42)(H,40,44)/t22-,27-,28+/m0/s1. The van der Waals surface area contributed by atoms with Crippen LogP contribution >= 0.6 is 0 Å². The number of aromatic nitrogens is 1. The lowest BCUT2D eigenvalue weighted by molar-refractivity contribution is -0.134. The van der Waals surface area contributed by atoms with Gasteiger partial charge in [0, 0.05) is 25.2 Å². The molecule has 12 nitrogen and oxygen atoms in total. The van der Waals surface area contributed by atoms with E-state index < -0.39 is 41.4 Å². The van der Waals surface area contributed by atoms with Crippen molar-refractivity contribution in [2.75, 3.05) is 13.2 Å². The first-order chi connectivity index (χ1) is 22.2. The van der Waals surface area contributed by atoms with E-state index in [-0.39, 0.29) is 44.2 Å². The lowest BCUT2D eigenvalue weighted by Gasteiger charge is -2.25. The van der Waals surface area contributed by atoms with Crippen LogP contribution in [0.25, 0.3) is 0 Å². The number of rotatable bonds is 5. The van der Waals surface area contributed by atoms with Gasteiger partial charge in [0.25, 0.3) is 0 Å². The smallest absolute Gasteiger partial charge is 0.245 e. The molecule has 12 heteroatoms. The van der Waals surface area contributed by atoms with Crippen LogP contribution in [0.3, 0.4) is 0 Å². The molecule has 0 unspecified atom stereocenters. The Morgan fingerprint density at radius 3 is 2.35 bits per heavy atom. The minimum absolute atomic E-state index is 0.0226. The van der Waals surface area contributed by atoms with Gasteiger partial charge in [-0.3, -0.25) is 29.0 Å². The van der Waals surface area contributed by atoms with Crippen molar-refractivity contribution in [2.24, 2.45) is 0 Å². The molecule has 3 heterocycles. The van der Waals surface area contributed by atoms with Gasteiger partial charge in [-0.15, -0.1) is 0 Å². The Hall–Kier alpha value is -5.26. The minimum atomic E-state index is -1.06. The number of carbonyl (C=O) groups is 5. The number of nitrogens with zero attached hydrogens (tertiary/aromatic N) is 1. The highest BCUT2D eigenvalue weighted by Crippen LogP contribution is 2.35. The number of benzene rings is 2. The highest BCUT2D eigenvalue weighted by atomic mass is 16.5. The van der Waals surface area contributed by atoms with Crippen LogP contribution < -0.4 is 31.3 Å². The molecule has 2 aromatic carbocycles. The highest BCUT2D eigenvalue weighted by Gasteiger charge is 2.51. The SMILES string of the molecule is C[C@@H]1NC(=O)[C@@H](NC(=O)Cc2cccnc2)Cc2ccc(cc2)OCCNC(=O)C2(CC2)NC(=O)[C@@H](Cc2ccccc2)NC1=O. The molecule has 0 saturated heterocycles. The Labute approximate surface area is 267 Å². The first-order valence-corrected chi connectivity index (χ1v) is 15.4. The molecule has 46 heavy (non-hydrogen) atoms. The summed E-state index contributed by atoms with van der Waals surface area (Å²) in [4.78, 5) is 70.5. The molecule has 3 atom stereocenters. The fraction of sp³-hybridized carbons (Fsp3) is 0.353. The van der Waals surface area contributed by atoms with E-state index in [1.807, 2.05) is 30.3 Å². The third-order valence-corrected chi connectivity index (χ3v) is 7.97. The Morgan fingerprint density at radius 2 is 1.65 bits per heavy atom. The average molecular weight is 627 g/mol. The summed E-state index contributed by atoms with van der Waals surface area (Å²) in [7, 11) is 0. The van der Waals surface area contributed by atoms with E-state index in [9.17, 15) is 24.0 Å². The van der Waals surface area contributed by atoms with E-state index in [2.05, 4.69) is 31.6 Å². The van der Waals surface area contributed by atoms with Crippen molar-refractivity contribution in [1.82, 2.24) is 31.6 Å². The maximum atomic E-state index is 13.5. The minimum Gasteiger partial charge on any atom is -0.492 e. The van der Waals surface area contributed by atoms with E-state index in [4.69, 9.17) is 4.74 Å². The van der Waals surface area contributed by atoms with Crippen LogP contribution in [0.4, 0.5) is 0 Å². The monoisotopic (exact) mass is 626 g/mol. The van der Waals surface area contributed by atoms with Crippen molar-refractivity contribution in [3.8, 4) is 5.75 Å². The normalized spacial score (nSPS) is 22.0. The Kier molecular flexibility index (Phi) is 10.3. The second-order valence-electron chi connectivity index (χ2n) is 11.7. The van der Waals surface area contributed by atoms with Gasteiger partial charge in [-0.25, -0.2) is 0 Å². The van der Waals surface area contributed by atoms with Crippen molar-refractivity contribution in [1.29, 1.82) is 0 Å². The molecule has 0 radical (unpaired) electrons. The molecule has 1 fully saturated rings. The van der Waals surface area contributed by atoms with E-state index in [0.717, 1.165) is 11.1 Å². The molecule has 6 rings (SSSR count). The molecular formula is C34H38N6O6. The Balaban J connectivity index is 1.36. The summed E-state index contributed by atoms with van der Waals surface area (Å²) in [5.74, 6) is -1.78. The van der Waals surface area contributed by atoms with Gasteiger partial charge in [-0.05, 0) is 54.7 Å². The summed E-state index contributed by atoms with van der Waals surface area (Å²) in [5.41, 5.74) is 1.20. The fourth-order valence-electron chi connectivity index (χ4n) is 5.19. The molecule has 2 aliphatic heterocycles. The molecule has 3 aliphatic rings. The van der Waals surface area contributed by atoms with E-state index in [1.54, 1.807) is 48.8 Å². The Morgan fingerprint density at radius 1 is 0.913 bits per heavy atom. The van der Waals surface area contributed by atoms with Gasteiger partial charge in [-0.1, -0.05) is 48.5 Å². The molecule has 1 aliphatic carbocycles. The first kappa shape index (κ1) is 32.1. The second kappa shape index (κ2) is 14.7. The summed E-state index contributed by atoms with van der Waals surface area (Å²) >= 11 is 0. The number of carbonyl (C=O) groups excluding carboxylic acids is 5. The Bertz CT molecular complexity index is 1550. The third kappa shape index (κ3) is 8.68. The second-order valence-corrected chi connectivity index (χ2v) is 11.7.